The highest BCUT2D eigenvalue weighted by Crippen LogP contribution is 2.10. The highest BCUT2D eigenvalue weighted by atomic mass is 79.9. The quantitative estimate of drug-likeness (QED) is 0.669. The molecule has 1 aromatic carbocycles. The van der Waals surface area contributed by atoms with E-state index in [-0.39, 0.29) is 30.8 Å². The van der Waals surface area contributed by atoms with Crippen LogP contribution >= 0.6 is 28.3 Å². The third-order valence-electron chi connectivity index (χ3n) is 2.18. The first-order valence-corrected chi connectivity index (χ1v) is 6.38. The second-order valence-electron chi connectivity index (χ2n) is 3.64. The largest absolute Gasteiger partial charge is 0.353 e. The zero-order valence-corrected chi connectivity index (χ0v) is 12.9. The van der Waals surface area contributed by atoms with Gasteiger partial charge < -0.3 is 16.0 Å². The number of amides is 2. The van der Waals surface area contributed by atoms with E-state index in [1.54, 1.807) is 19.2 Å². The van der Waals surface area contributed by atoms with Crippen LogP contribution in [0.4, 0.5) is 0 Å². The van der Waals surface area contributed by atoms with Gasteiger partial charge in [0.15, 0.2) is 0 Å². The topological polar surface area (TPSA) is 70.2 Å². The Labute approximate surface area is 127 Å². The number of rotatable bonds is 6. The fourth-order valence-electron chi connectivity index (χ4n) is 1.30. The molecule has 0 spiro atoms. The van der Waals surface area contributed by atoms with E-state index in [1.807, 2.05) is 12.1 Å². The van der Waals surface area contributed by atoms with Crippen LogP contribution in [-0.4, -0.2) is 38.5 Å². The number of halogens is 2. The summed E-state index contributed by atoms with van der Waals surface area (Å²) in [5.74, 6) is -0.235. The van der Waals surface area contributed by atoms with Crippen LogP contribution in [0.25, 0.3) is 0 Å². The van der Waals surface area contributed by atoms with Gasteiger partial charge in [-0.05, 0) is 31.3 Å². The van der Waals surface area contributed by atoms with Gasteiger partial charge in [-0.3, -0.25) is 9.59 Å². The molecule has 0 atom stereocenters. The summed E-state index contributed by atoms with van der Waals surface area (Å²) >= 11 is 3.30. The highest BCUT2D eigenvalue weighted by molar-refractivity contribution is 9.10. The lowest BCUT2D eigenvalue weighted by atomic mass is 10.2. The number of hydrogen-bond acceptors (Lipinski definition) is 3. The number of carbonyl (C=O) groups is 2. The first-order chi connectivity index (χ1) is 8.63. The van der Waals surface area contributed by atoms with Crippen LogP contribution in [0.1, 0.15) is 10.4 Å². The van der Waals surface area contributed by atoms with E-state index >= 15 is 0 Å². The van der Waals surface area contributed by atoms with Crippen molar-refractivity contribution in [2.24, 2.45) is 0 Å². The molecule has 0 bridgehead atoms. The average Bonchev–Trinajstić information content (AvgIpc) is 2.35. The van der Waals surface area contributed by atoms with E-state index < -0.39 is 0 Å². The number of benzene rings is 1. The fraction of sp³-hybridized carbons (Fsp3) is 0.333. The van der Waals surface area contributed by atoms with E-state index in [1.165, 1.54) is 0 Å². The van der Waals surface area contributed by atoms with Crippen LogP contribution in [0.5, 0.6) is 0 Å². The summed E-state index contributed by atoms with van der Waals surface area (Å²) in [7, 11) is 1.70. The molecule has 1 aromatic rings. The Morgan fingerprint density at radius 1 is 1.11 bits per heavy atom. The molecule has 1 rings (SSSR count). The van der Waals surface area contributed by atoms with E-state index in [0.29, 0.717) is 18.7 Å². The number of hydrogen-bond donors (Lipinski definition) is 3. The Balaban J connectivity index is 0.00000324. The molecule has 2 amide bonds. The predicted octanol–water partition coefficient (Wildman–Crippen LogP) is 0.936. The molecular formula is C12H17BrClN3O2. The lowest BCUT2D eigenvalue weighted by Gasteiger charge is -2.07. The molecule has 0 aromatic heterocycles. The smallest absolute Gasteiger partial charge is 0.251 e. The standard InChI is InChI=1S/C12H16BrN3O2.ClH/c1-14-8-11(17)15-6-7-16-12(18)9-2-4-10(13)5-3-9;/h2-5,14H,6-8H2,1H3,(H,15,17)(H,16,18);1H. The van der Waals surface area contributed by atoms with Crippen molar-refractivity contribution < 1.29 is 9.59 Å². The van der Waals surface area contributed by atoms with Crippen LogP contribution < -0.4 is 16.0 Å². The van der Waals surface area contributed by atoms with Crippen molar-refractivity contribution in [1.82, 2.24) is 16.0 Å². The van der Waals surface area contributed by atoms with Gasteiger partial charge in [0.25, 0.3) is 5.91 Å². The van der Waals surface area contributed by atoms with Crippen LogP contribution in [0.3, 0.4) is 0 Å². The van der Waals surface area contributed by atoms with Crippen molar-refractivity contribution in [2.75, 3.05) is 26.7 Å². The molecule has 0 aliphatic heterocycles. The SMILES string of the molecule is CNCC(=O)NCCNC(=O)c1ccc(Br)cc1.Cl. The van der Waals surface area contributed by atoms with Gasteiger partial charge in [0.2, 0.25) is 5.91 Å². The van der Waals surface area contributed by atoms with Crippen molar-refractivity contribution in [1.29, 1.82) is 0 Å². The second kappa shape index (κ2) is 9.77. The first kappa shape index (κ1) is 17.9. The molecule has 0 unspecified atom stereocenters. The van der Waals surface area contributed by atoms with Gasteiger partial charge in [-0.25, -0.2) is 0 Å². The summed E-state index contributed by atoms with van der Waals surface area (Å²) in [4.78, 5) is 22.8. The monoisotopic (exact) mass is 349 g/mol. The Bertz CT molecular complexity index is 412. The lowest BCUT2D eigenvalue weighted by Crippen LogP contribution is -2.38. The van der Waals surface area contributed by atoms with Crippen LogP contribution in [0, 0.1) is 0 Å². The Morgan fingerprint density at radius 3 is 2.26 bits per heavy atom. The first-order valence-electron chi connectivity index (χ1n) is 5.58. The number of carbonyl (C=O) groups excluding carboxylic acids is 2. The maximum absolute atomic E-state index is 11.7. The molecule has 0 heterocycles. The van der Waals surface area contributed by atoms with Gasteiger partial charge in [0.05, 0.1) is 6.54 Å². The molecule has 7 heteroatoms. The van der Waals surface area contributed by atoms with E-state index in [2.05, 4.69) is 31.9 Å². The molecule has 0 radical (unpaired) electrons. The Kier molecular flexibility index (Phi) is 9.20. The van der Waals surface area contributed by atoms with Crippen molar-refractivity contribution in [3.63, 3.8) is 0 Å². The molecule has 3 N–H and O–H groups in total. The Morgan fingerprint density at radius 2 is 1.68 bits per heavy atom. The molecular weight excluding hydrogens is 334 g/mol. The summed E-state index contributed by atoms with van der Waals surface area (Å²) in [6.45, 7) is 1.10. The number of nitrogens with one attached hydrogen (secondary N) is 3. The number of likely N-dealkylation sites (N-methyl/N-ethyl adjacent to an activating group) is 1. The molecule has 0 aliphatic rings. The normalized spacial score (nSPS) is 9.37. The van der Waals surface area contributed by atoms with Gasteiger partial charge in [-0.2, -0.15) is 0 Å². The molecule has 19 heavy (non-hydrogen) atoms. The van der Waals surface area contributed by atoms with Gasteiger partial charge in [-0.15, -0.1) is 12.4 Å². The molecule has 5 nitrogen and oxygen atoms in total. The second-order valence-corrected chi connectivity index (χ2v) is 4.56. The van der Waals surface area contributed by atoms with Crippen molar-refractivity contribution >= 4 is 40.2 Å². The minimum atomic E-state index is -0.148. The van der Waals surface area contributed by atoms with Crippen molar-refractivity contribution in [2.45, 2.75) is 0 Å². The molecule has 0 saturated carbocycles. The third kappa shape index (κ3) is 7.15. The van der Waals surface area contributed by atoms with Crippen LogP contribution in [0.2, 0.25) is 0 Å². The molecule has 106 valence electrons. The van der Waals surface area contributed by atoms with Gasteiger partial charge in [-0.1, -0.05) is 15.9 Å². The summed E-state index contributed by atoms with van der Waals surface area (Å²) in [5.41, 5.74) is 0.597. The minimum absolute atomic E-state index is 0. The molecule has 0 aliphatic carbocycles. The highest BCUT2D eigenvalue weighted by Gasteiger charge is 2.04. The van der Waals surface area contributed by atoms with Gasteiger partial charge >= 0.3 is 0 Å². The maximum Gasteiger partial charge on any atom is 0.251 e. The summed E-state index contributed by atoms with van der Waals surface area (Å²) in [6.07, 6.45) is 0. The van der Waals surface area contributed by atoms with Crippen molar-refractivity contribution in [3.8, 4) is 0 Å². The maximum atomic E-state index is 11.7. The third-order valence-corrected chi connectivity index (χ3v) is 2.71. The van der Waals surface area contributed by atoms with Crippen LogP contribution in [-0.2, 0) is 4.79 Å². The lowest BCUT2D eigenvalue weighted by molar-refractivity contribution is -0.120. The average molecular weight is 351 g/mol. The molecule has 0 fully saturated rings. The zero-order valence-electron chi connectivity index (χ0n) is 10.5. The zero-order chi connectivity index (χ0) is 13.4. The Hall–Kier alpha value is -1.11. The summed E-state index contributed by atoms with van der Waals surface area (Å²) in [6, 6.07) is 7.09. The van der Waals surface area contributed by atoms with E-state index in [9.17, 15) is 9.59 Å². The minimum Gasteiger partial charge on any atom is -0.353 e. The van der Waals surface area contributed by atoms with Gasteiger partial charge in [0.1, 0.15) is 0 Å². The summed E-state index contributed by atoms with van der Waals surface area (Å²) in [5, 5.41) is 8.15. The van der Waals surface area contributed by atoms with E-state index in [4.69, 9.17) is 0 Å². The van der Waals surface area contributed by atoms with E-state index in [0.717, 1.165) is 4.47 Å². The fourth-order valence-corrected chi connectivity index (χ4v) is 1.57. The van der Waals surface area contributed by atoms with Crippen molar-refractivity contribution in [3.05, 3.63) is 34.3 Å². The molecule has 0 saturated heterocycles. The van der Waals surface area contributed by atoms with Crippen LogP contribution in [0.15, 0.2) is 28.7 Å². The predicted molar refractivity (Wildman–Crippen MR) is 80.7 cm³/mol. The summed E-state index contributed by atoms with van der Waals surface area (Å²) < 4.78 is 0.929. The van der Waals surface area contributed by atoms with Gasteiger partial charge in [0, 0.05) is 23.1 Å².